The fourth-order valence-corrected chi connectivity index (χ4v) is 2.03. The SMILES string of the molecule is Cc1ccc(-c2nnc(CCl)s2)cc1. The molecule has 0 saturated heterocycles. The minimum absolute atomic E-state index is 0.434. The maximum atomic E-state index is 5.66. The van der Waals surface area contributed by atoms with Gasteiger partial charge in [-0.15, -0.1) is 21.8 Å². The van der Waals surface area contributed by atoms with Crippen LogP contribution in [0.4, 0.5) is 0 Å². The van der Waals surface area contributed by atoms with Gasteiger partial charge < -0.3 is 0 Å². The summed E-state index contributed by atoms with van der Waals surface area (Å²) < 4.78 is 0. The molecule has 0 aliphatic heterocycles. The molecule has 0 aliphatic carbocycles. The number of benzene rings is 1. The summed E-state index contributed by atoms with van der Waals surface area (Å²) >= 11 is 7.20. The zero-order valence-corrected chi connectivity index (χ0v) is 9.27. The molecule has 72 valence electrons. The van der Waals surface area contributed by atoms with Crippen molar-refractivity contribution in [3.05, 3.63) is 34.8 Å². The number of aromatic nitrogens is 2. The lowest BCUT2D eigenvalue weighted by atomic mass is 10.2. The molecule has 0 aliphatic rings. The minimum Gasteiger partial charge on any atom is -0.142 e. The van der Waals surface area contributed by atoms with Crippen molar-refractivity contribution in [2.24, 2.45) is 0 Å². The Morgan fingerprint density at radius 1 is 1.21 bits per heavy atom. The summed E-state index contributed by atoms with van der Waals surface area (Å²) in [5.74, 6) is 0.434. The molecule has 1 heterocycles. The van der Waals surface area contributed by atoms with Gasteiger partial charge in [0.15, 0.2) is 0 Å². The Labute approximate surface area is 91.6 Å². The van der Waals surface area contributed by atoms with Crippen molar-refractivity contribution in [2.45, 2.75) is 12.8 Å². The van der Waals surface area contributed by atoms with Gasteiger partial charge in [-0.05, 0) is 6.92 Å². The van der Waals surface area contributed by atoms with E-state index < -0.39 is 0 Å². The van der Waals surface area contributed by atoms with E-state index in [1.54, 1.807) is 0 Å². The van der Waals surface area contributed by atoms with E-state index in [0.717, 1.165) is 15.6 Å². The third-order valence-electron chi connectivity index (χ3n) is 1.88. The lowest BCUT2D eigenvalue weighted by molar-refractivity contribution is 1.04. The second kappa shape index (κ2) is 4.07. The van der Waals surface area contributed by atoms with Gasteiger partial charge in [0, 0.05) is 5.56 Å². The average molecular weight is 225 g/mol. The quantitative estimate of drug-likeness (QED) is 0.732. The summed E-state index contributed by atoms with van der Waals surface area (Å²) in [6, 6.07) is 8.23. The first kappa shape index (κ1) is 9.62. The topological polar surface area (TPSA) is 25.8 Å². The lowest BCUT2D eigenvalue weighted by Gasteiger charge is -1.94. The number of hydrogen-bond acceptors (Lipinski definition) is 3. The average Bonchev–Trinajstić information content (AvgIpc) is 2.67. The van der Waals surface area contributed by atoms with Gasteiger partial charge in [0.2, 0.25) is 0 Å². The number of nitrogens with zero attached hydrogens (tertiary/aromatic N) is 2. The monoisotopic (exact) mass is 224 g/mol. The van der Waals surface area contributed by atoms with Crippen LogP contribution in [0.3, 0.4) is 0 Å². The molecule has 0 radical (unpaired) electrons. The van der Waals surface area contributed by atoms with E-state index in [0.29, 0.717) is 5.88 Å². The van der Waals surface area contributed by atoms with E-state index in [2.05, 4.69) is 29.3 Å². The van der Waals surface area contributed by atoms with Crippen LogP contribution in [0, 0.1) is 6.92 Å². The third-order valence-corrected chi connectivity index (χ3v) is 3.26. The molecule has 2 nitrogen and oxygen atoms in total. The molecule has 14 heavy (non-hydrogen) atoms. The van der Waals surface area contributed by atoms with Gasteiger partial charge in [0.05, 0.1) is 5.88 Å². The van der Waals surface area contributed by atoms with E-state index >= 15 is 0 Å². The fraction of sp³-hybridized carbons (Fsp3) is 0.200. The predicted molar refractivity (Wildman–Crippen MR) is 59.6 cm³/mol. The van der Waals surface area contributed by atoms with E-state index in [1.165, 1.54) is 16.9 Å². The first-order chi connectivity index (χ1) is 6.79. The van der Waals surface area contributed by atoms with Crippen molar-refractivity contribution in [1.29, 1.82) is 0 Å². The summed E-state index contributed by atoms with van der Waals surface area (Å²) in [5, 5.41) is 9.84. The second-order valence-corrected chi connectivity index (χ2v) is 4.33. The molecular weight excluding hydrogens is 216 g/mol. The van der Waals surface area contributed by atoms with Gasteiger partial charge in [-0.2, -0.15) is 0 Å². The molecule has 0 bridgehead atoms. The molecular formula is C10H9ClN2S. The Morgan fingerprint density at radius 2 is 1.93 bits per heavy atom. The van der Waals surface area contributed by atoms with Crippen LogP contribution < -0.4 is 0 Å². The van der Waals surface area contributed by atoms with Gasteiger partial charge in [-0.25, -0.2) is 0 Å². The number of rotatable bonds is 2. The van der Waals surface area contributed by atoms with Crippen LogP contribution in [0.5, 0.6) is 0 Å². The van der Waals surface area contributed by atoms with Gasteiger partial charge in [0.25, 0.3) is 0 Å². The maximum absolute atomic E-state index is 5.66. The molecule has 0 atom stereocenters. The molecule has 0 saturated carbocycles. The normalized spacial score (nSPS) is 10.4. The second-order valence-electron chi connectivity index (χ2n) is 3.00. The molecule has 0 unspecified atom stereocenters. The summed E-state index contributed by atoms with van der Waals surface area (Å²) in [7, 11) is 0. The Morgan fingerprint density at radius 3 is 2.50 bits per heavy atom. The van der Waals surface area contributed by atoms with Crippen molar-refractivity contribution in [2.75, 3.05) is 0 Å². The Balaban J connectivity index is 2.34. The Bertz CT molecular complexity index is 422. The van der Waals surface area contributed by atoms with Crippen LogP contribution in [0.2, 0.25) is 0 Å². The maximum Gasteiger partial charge on any atom is 0.147 e. The lowest BCUT2D eigenvalue weighted by Crippen LogP contribution is -1.77. The van der Waals surface area contributed by atoms with Crippen molar-refractivity contribution in [3.63, 3.8) is 0 Å². The first-order valence-electron chi connectivity index (χ1n) is 4.25. The Hall–Kier alpha value is -0.930. The Kier molecular flexibility index (Phi) is 2.79. The standard InChI is InChI=1S/C10H9ClN2S/c1-7-2-4-8(5-3-7)10-13-12-9(6-11)14-10/h2-5H,6H2,1H3. The highest BCUT2D eigenvalue weighted by Gasteiger charge is 2.04. The molecule has 0 fully saturated rings. The molecule has 1 aromatic carbocycles. The highest BCUT2D eigenvalue weighted by atomic mass is 35.5. The molecule has 1 aromatic heterocycles. The predicted octanol–water partition coefficient (Wildman–Crippen LogP) is 3.25. The fourth-order valence-electron chi connectivity index (χ4n) is 1.12. The van der Waals surface area contributed by atoms with Crippen LogP contribution in [0.15, 0.2) is 24.3 Å². The van der Waals surface area contributed by atoms with Crippen LogP contribution in [-0.2, 0) is 5.88 Å². The summed E-state index contributed by atoms with van der Waals surface area (Å²) in [6.45, 7) is 2.06. The van der Waals surface area contributed by atoms with E-state index in [1.807, 2.05) is 12.1 Å². The van der Waals surface area contributed by atoms with E-state index in [9.17, 15) is 0 Å². The third kappa shape index (κ3) is 1.94. The number of hydrogen-bond donors (Lipinski definition) is 0. The molecule has 4 heteroatoms. The zero-order chi connectivity index (χ0) is 9.97. The largest absolute Gasteiger partial charge is 0.147 e. The highest BCUT2D eigenvalue weighted by Crippen LogP contribution is 2.24. The molecule has 0 amide bonds. The summed E-state index contributed by atoms with van der Waals surface area (Å²) in [6.07, 6.45) is 0. The molecule has 2 rings (SSSR count). The first-order valence-corrected chi connectivity index (χ1v) is 5.60. The smallest absolute Gasteiger partial charge is 0.142 e. The number of alkyl halides is 1. The van der Waals surface area contributed by atoms with Crippen LogP contribution >= 0.6 is 22.9 Å². The van der Waals surface area contributed by atoms with Gasteiger partial charge in [-0.1, -0.05) is 41.2 Å². The van der Waals surface area contributed by atoms with Crippen LogP contribution in [-0.4, -0.2) is 10.2 Å². The van der Waals surface area contributed by atoms with E-state index in [-0.39, 0.29) is 0 Å². The number of aryl methyl sites for hydroxylation is 1. The van der Waals surface area contributed by atoms with Crippen molar-refractivity contribution in [1.82, 2.24) is 10.2 Å². The molecule has 0 N–H and O–H groups in total. The van der Waals surface area contributed by atoms with Gasteiger partial charge >= 0.3 is 0 Å². The minimum atomic E-state index is 0.434. The van der Waals surface area contributed by atoms with Crippen molar-refractivity contribution in [3.8, 4) is 10.6 Å². The van der Waals surface area contributed by atoms with Crippen molar-refractivity contribution >= 4 is 22.9 Å². The molecule has 2 aromatic rings. The molecule has 0 spiro atoms. The highest BCUT2D eigenvalue weighted by molar-refractivity contribution is 7.14. The summed E-state index contributed by atoms with van der Waals surface area (Å²) in [5.41, 5.74) is 2.35. The van der Waals surface area contributed by atoms with Crippen LogP contribution in [0.25, 0.3) is 10.6 Å². The van der Waals surface area contributed by atoms with Gasteiger partial charge in [-0.3, -0.25) is 0 Å². The van der Waals surface area contributed by atoms with E-state index in [4.69, 9.17) is 11.6 Å². The summed E-state index contributed by atoms with van der Waals surface area (Å²) in [4.78, 5) is 0. The number of halogens is 1. The van der Waals surface area contributed by atoms with Gasteiger partial charge in [0.1, 0.15) is 10.0 Å². The van der Waals surface area contributed by atoms with Crippen LogP contribution in [0.1, 0.15) is 10.6 Å². The zero-order valence-electron chi connectivity index (χ0n) is 7.70. The van der Waals surface area contributed by atoms with Crippen molar-refractivity contribution < 1.29 is 0 Å².